The van der Waals surface area contributed by atoms with Gasteiger partial charge in [-0.15, -0.1) is 0 Å². The smallest absolute Gasteiger partial charge is 0.257 e. The predicted octanol–water partition coefficient (Wildman–Crippen LogP) is 3.01. The van der Waals surface area contributed by atoms with Gasteiger partial charge in [-0.3, -0.25) is 9.59 Å². The Hall–Kier alpha value is -3.41. The van der Waals surface area contributed by atoms with E-state index in [-0.39, 0.29) is 18.4 Å². The van der Waals surface area contributed by atoms with Crippen LogP contribution in [0.25, 0.3) is 16.9 Å². The van der Waals surface area contributed by atoms with Crippen molar-refractivity contribution in [1.29, 1.82) is 0 Å². The third-order valence-corrected chi connectivity index (χ3v) is 4.47. The number of para-hydroxylation sites is 1. The molecule has 2 aromatic carbocycles. The highest BCUT2D eigenvalue weighted by Gasteiger charge is 2.23. The summed E-state index contributed by atoms with van der Waals surface area (Å²) in [5.41, 5.74) is 3.87. The molecular formula is C22H24N4O2. The number of carbonyl (C=O) groups excluding carboxylic acids is 2. The molecule has 0 aliphatic carbocycles. The van der Waals surface area contributed by atoms with Gasteiger partial charge in [-0.25, -0.2) is 4.68 Å². The summed E-state index contributed by atoms with van der Waals surface area (Å²) in [5.74, 6) is -0.378. The minimum atomic E-state index is -0.242. The van der Waals surface area contributed by atoms with Gasteiger partial charge in [-0.1, -0.05) is 42.0 Å². The van der Waals surface area contributed by atoms with Crippen LogP contribution >= 0.6 is 0 Å². The van der Waals surface area contributed by atoms with Gasteiger partial charge in [0.2, 0.25) is 5.91 Å². The molecule has 2 amide bonds. The number of benzene rings is 2. The molecule has 3 rings (SSSR count). The molecule has 0 unspecified atom stereocenters. The van der Waals surface area contributed by atoms with Crippen molar-refractivity contribution in [2.75, 3.05) is 27.7 Å². The number of hydrogen-bond donors (Lipinski definition) is 0. The lowest BCUT2D eigenvalue weighted by molar-refractivity contribution is -0.129. The fourth-order valence-electron chi connectivity index (χ4n) is 2.87. The SMILES string of the molecule is Cc1cccc(-c2nn(-c3ccccc3)cc2C(=O)N(C)CC(=O)N(C)C)c1. The summed E-state index contributed by atoms with van der Waals surface area (Å²) in [6.45, 7) is 2.01. The molecule has 0 bridgehead atoms. The number of rotatable bonds is 5. The van der Waals surface area contributed by atoms with Crippen LogP contribution in [-0.4, -0.2) is 59.1 Å². The van der Waals surface area contributed by atoms with Crippen molar-refractivity contribution in [3.8, 4) is 16.9 Å². The van der Waals surface area contributed by atoms with Crippen molar-refractivity contribution < 1.29 is 9.59 Å². The summed E-state index contributed by atoms with van der Waals surface area (Å²) in [5, 5.41) is 4.68. The van der Waals surface area contributed by atoms with E-state index in [2.05, 4.69) is 5.10 Å². The quantitative estimate of drug-likeness (QED) is 0.688. The number of hydrogen-bond acceptors (Lipinski definition) is 3. The van der Waals surface area contributed by atoms with E-state index >= 15 is 0 Å². The van der Waals surface area contributed by atoms with Crippen molar-refractivity contribution >= 4 is 11.8 Å². The van der Waals surface area contributed by atoms with Crippen molar-refractivity contribution in [3.05, 3.63) is 71.9 Å². The molecule has 0 atom stereocenters. The number of aromatic nitrogens is 2. The predicted molar refractivity (Wildman–Crippen MR) is 109 cm³/mol. The van der Waals surface area contributed by atoms with Crippen molar-refractivity contribution in [2.24, 2.45) is 0 Å². The standard InChI is InChI=1S/C22H24N4O2/c1-16-9-8-10-17(13-16)21-19(22(28)25(4)15-20(27)24(2)3)14-26(23-21)18-11-6-5-7-12-18/h5-14H,15H2,1-4H3. The molecule has 0 spiro atoms. The summed E-state index contributed by atoms with van der Waals surface area (Å²) in [4.78, 5) is 28.1. The first-order valence-electron chi connectivity index (χ1n) is 9.04. The first-order chi connectivity index (χ1) is 13.4. The summed E-state index contributed by atoms with van der Waals surface area (Å²) in [7, 11) is 4.97. The van der Waals surface area contributed by atoms with Gasteiger partial charge < -0.3 is 9.80 Å². The molecule has 3 aromatic rings. The van der Waals surface area contributed by atoms with Crippen molar-refractivity contribution in [2.45, 2.75) is 6.92 Å². The molecule has 0 saturated heterocycles. The lowest BCUT2D eigenvalue weighted by Crippen LogP contribution is -2.37. The molecular weight excluding hydrogens is 352 g/mol. The van der Waals surface area contributed by atoms with E-state index in [4.69, 9.17) is 0 Å². The van der Waals surface area contributed by atoms with Crippen molar-refractivity contribution in [3.63, 3.8) is 0 Å². The van der Waals surface area contributed by atoms with E-state index < -0.39 is 0 Å². The highest BCUT2D eigenvalue weighted by molar-refractivity contribution is 6.01. The Balaban J connectivity index is 2.04. The second kappa shape index (κ2) is 8.08. The Kier molecular flexibility index (Phi) is 5.59. The van der Waals surface area contributed by atoms with Gasteiger partial charge in [-0.05, 0) is 25.1 Å². The van der Waals surface area contributed by atoms with Crippen molar-refractivity contribution in [1.82, 2.24) is 19.6 Å². The highest BCUT2D eigenvalue weighted by atomic mass is 16.2. The van der Waals surface area contributed by atoms with Crippen LogP contribution in [0.1, 0.15) is 15.9 Å². The van der Waals surface area contributed by atoms with Crippen LogP contribution in [0.4, 0.5) is 0 Å². The normalized spacial score (nSPS) is 10.6. The Labute approximate surface area is 165 Å². The molecule has 0 radical (unpaired) electrons. The first-order valence-corrected chi connectivity index (χ1v) is 9.04. The minimum absolute atomic E-state index is 0.00953. The van der Waals surface area contributed by atoms with Crippen LogP contribution in [0.3, 0.4) is 0 Å². The Morgan fingerprint density at radius 3 is 2.36 bits per heavy atom. The molecule has 0 fully saturated rings. The number of amides is 2. The zero-order valence-electron chi connectivity index (χ0n) is 16.6. The average molecular weight is 376 g/mol. The van der Waals surface area contributed by atoms with E-state index in [1.54, 1.807) is 32.0 Å². The van der Waals surface area contributed by atoms with Crippen LogP contribution in [0.5, 0.6) is 0 Å². The summed E-state index contributed by atoms with van der Waals surface area (Å²) in [6.07, 6.45) is 1.73. The molecule has 0 aliphatic heterocycles. The third-order valence-electron chi connectivity index (χ3n) is 4.47. The second-order valence-corrected chi connectivity index (χ2v) is 6.99. The van der Waals surface area contributed by atoms with Crippen LogP contribution < -0.4 is 0 Å². The topological polar surface area (TPSA) is 58.4 Å². The largest absolute Gasteiger partial charge is 0.347 e. The zero-order chi connectivity index (χ0) is 20.3. The van der Waals surface area contributed by atoms with Gasteiger partial charge >= 0.3 is 0 Å². The van der Waals surface area contributed by atoms with Gasteiger partial charge in [-0.2, -0.15) is 5.10 Å². The third kappa shape index (κ3) is 4.11. The van der Waals surface area contributed by atoms with Crippen LogP contribution in [0.15, 0.2) is 60.8 Å². The number of carbonyl (C=O) groups is 2. The maximum absolute atomic E-state index is 13.1. The number of likely N-dealkylation sites (N-methyl/N-ethyl adjacent to an activating group) is 2. The Morgan fingerprint density at radius 1 is 1.00 bits per heavy atom. The average Bonchev–Trinajstić information content (AvgIpc) is 3.13. The van der Waals surface area contributed by atoms with E-state index in [9.17, 15) is 9.59 Å². The van der Waals surface area contributed by atoms with E-state index in [0.717, 1.165) is 16.8 Å². The Bertz CT molecular complexity index is 993. The maximum atomic E-state index is 13.1. The molecule has 28 heavy (non-hydrogen) atoms. The van der Waals surface area contributed by atoms with Gasteiger partial charge in [0.1, 0.15) is 5.69 Å². The fourth-order valence-corrected chi connectivity index (χ4v) is 2.87. The molecule has 6 nitrogen and oxygen atoms in total. The monoisotopic (exact) mass is 376 g/mol. The second-order valence-electron chi connectivity index (χ2n) is 6.99. The summed E-state index contributed by atoms with van der Waals surface area (Å²) >= 11 is 0. The number of aryl methyl sites for hydroxylation is 1. The fraction of sp³-hybridized carbons (Fsp3) is 0.227. The molecule has 6 heteroatoms. The molecule has 0 aliphatic rings. The number of nitrogens with zero attached hydrogens (tertiary/aromatic N) is 4. The van der Waals surface area contributed by atoms with Gasteiger partial charge in [0.05, 0.1) is 17.8 Å². The van der Waals surface area contributed by atoms with Gasteiger partial charge in [0.25, 0.3) is 5.91 Å². The molecule has 1 heterocycles. The highest BCUT2D eigenvalue weighted by Crippen LogP contribution is 2.25. The molecule has 0 N–H and O–H groups in total. The lowest BCUT2D eigenvalue weighted by Gasteiger charge is -2.19. The van der Waals surface area contributed by atoms with Gasteiger partial charge in [0.15, 0.2) is 0 Å². The molecule has 144 valence electrons. The zero-order valence-corrected chi connectivity index (χ0v) is 16.6. The first kappa shape index (κ1) is 19.4. The van der Waals surface area contributed by atoms with Crippen LogP contribution in [0.2, 0.25) is 0 Å². The Morgan fingerprint density at radius 2 is 1.71 bits per heavy atom. The van der Waals surface area contributed by atoms with Crippen LogP contribution in [-0.2, 0) is 4.79 Å². The van der Waals surface area contributed by atoms with Gasteiger partial charge in [0, 0.05) is 32.9 Å². The minimum Gasteiger partial charge on any atom is -0.347 e. The maximum Gasteiger partial charge on any atom is 0.257 e. The van der Waals surface area contributed by atoms with Crippen LogP contribution in [0, 0.1) is 6.92 Å². The summed E-state index contributed by atoms with van der Waals surface area (Å²) < 4.78 is 1.70. The molecule has 1 aromatic heterocycles. The lowest BCUT2D eigenvalue weighted by atomic mass is 10.1. The summed E-state index contributed by atoms with van der Waals surface area (Å²) in [6, 6.07) is 17.5. The van der Waals surface area contributed by atoms with E-state index in [1.165, 1.54) is 9.80 Å². The van der Waals surface area contributed by atoms with E-state index in [1.807, 2.05) is 61.5 Å². The van der Waals surface area contributed by atoms with E-state index in [0.29, 0.717) is 11.3 Å². The molecule has 0 saturated carbocycles.